The van der Waals surface area contributed by atoms with E-state index < -0.39 is 31.4 Å². The Bertz CT molecular complexity index is 2810. The average molecular weight is 923 g/mol. The molecular weight excluding hydrogens is 872 g/mol. The number of benzene rings is 3. The number of aromatic nitrogens is 2. The lowest BCUT2D eigenvalue weighted by Crippen LogP contribution is -2.47. The number of aromatic amines is 1. The Hall–Kier alpha value is -5.72. The largest absolute Gasteiger partial charge is 0.489 e. The fourth-order valence-electron chi connectivity index (χ4n) is 9.87. The number of ether oxygens (including phenoxy) is 3. The Morgan fingerprint density at radius 1 is 1.06 bits per heavy atom. The van der Waals surface area contributed by atoms with Gasteiger partial charge in [0.1, 0.15) is 23.8 Å². The monoisotopic (exact) mass is 922 g/mol. The van der Waals surface area contributed by atoms with Gasteiger partial charge in [0.15, 0.2) is 11.4 Å². The molecule has 0 saturated carbocycles. The number of carbonyl (C=O) groups excluding carboxylic acids is 1. The summed E-state index contributed by atoms with van der Waals surface area (Å²) < 4.78 is 48.0. The van der Waals surface area contributed by atoms with Crippen LogP contribution in [-0.4, -0.2) is 116 Å². The van der Waals surface area contributed by atoms with Crippen LogP contribution < -0.4 is 24.4 Å². The molecule has 1 aliphatic carbocycles. The quantitative estimate of drug-likeness (QED) is 0.0828. The third-order valence-corrected chi connectivity index (χ3v) is 15.0. The third kappa shape index (κ3) is 9.12. The number of nitro groups is 1. The number of nitrogens with zero attached hydrogens (tertiary/aromatic N) is 5. The van der Waals surface area contributed by atoms with Crippen LogP contribution in [0.1, 0.15) is 55.5 Å². The summed E-state index contributed by atoms with van der Waals surface area (Å²) >= 11 is 6.25. The minimum absolute atomic E-state index is 0.0112. The molecular formula is C47H51ClN8O8S. The van der Waals surface area contributed by atoms with Gasteiger partial charge < -0.3 is 29.4 Å². The first-order valence-electron chi connectivity index (χ1n) is 22.1. The van der Waals surface area contributed by atoms with E-state index in [0.29, 0.717) is 43.7 Å². The van der Waals surface area contributed by atoms with Gasteiger partial charge in [0, 0.05) is 92.3 Å². The summed E-state index contributed by atoms with van der Waals surface area (Å²) in [5, 5.41) is 17.1. The molecule has 2 aromatic heterocycles. The second-order valence-electron chi connectivity index (χ2n) is 18.5. The Morgan fingerprint density at radius 3 is 2.63 bits per heavy atom. The summed E-state index contributed by atoms with van der Waals surface area (Å²) in [5.41, 5.74) is 5.33. The molecule has 3 saturated heterocycles. The number of hydrogen-bond acceptors (Lipinski definition) is 13. The fraction of sp³-hybridized carbons (Fsp3) is 0.404. The van der Waals surface area contributed by atoms with Crippen LogP contribution in [0.15, 0.2) is 89.6 Å². The van der Waals surface area contributed by atoms with E-state index in [-0.39, 0.29) is 46.9 Å². The van der Waals surface area contributed by atoms with E-state index >= 15 is 0 Å². The summed E-state index contributed by atoms with van der Waals surface area (Å²) in [6.07, 6.45) is 7.62. The zero-order valence-electron chi connectivity index (χ0n) is 36.2. The van der Waals surface area contributed by atoms with E-state index in [2.05, 4.69) is 60.7 Å². The van der Waals surface area contributed by atoms with Crippen LogP contribution in [0, 0.1) is 15.5 Å². The van der Waals surface area contributed by atoms with Crippen molar-refractivity contribution >= 4 is 61.2 Å². The summed E-state index contributed by atoms with van der Waals surface area (Å²) in [5.74, 6) is -0.507. The van der Waals surface area contributed by atoms with Gasteiger partial charge in [0.25, 0.3) is 21.6 Å². The summed E-state index contributed by atoms with van der Waals surface area (Å²) in [4.78, 5) is 39.8. The zero-order valence-corrected chi connectivity index (χ0v) is 37.8. The van der Waals surface area contributed by atoms with Crippen LogP contribution in [0.2, 0.25) is 5.02 Å². The number of allylic oxidation sites excluding steroid dienone is 1. The molecule has 1 amide bonds. The number of nitrogens with one attached hydrogen (secondary N) is 3. The highest BCUT2D eigenvalue weighted by Gasteiger charge is 2.41. The highest BCUT2D eigenvalue weighted by atomic mass is 35.5. The van der Waals surface area contributed by atoms with Gasteiger partial charge in [0.05, 0.1) is 40.3 Å². The molecule has 3 aromatic carbocycles. The molecule has 6 heterocycles. The molecule has 18 heteroatoms. The topological polar surface area (TPSA) is 184 Å². The van der Waals surface area contributed by atoms with E-state index in [1.54, 1.807) is 24.4 Å². The molecule has 0 spiro atoms. The lowest BCUT2D eigenvalue weighted by atomic mass is 9.72. The molecule has 5 aromatic rings. The Kier molecular flexibility index (Phi) is 11.5. The predicted octanol–water partition coefficient (Wildman–Crippen LogP) is 7.47. The first-order chi connectivity index (χ1) is 31.2. The number of amides is 1. The molecule has 5 aliphatic rings. The Labute approximate surface area is 382 Å². The zero-order chi connectivity index (χ0) is 45.0. The number of piperazine rings is 1. The highest BCUT2D eigenvalue weighted by Crippen LogP contribution is 2.44. The maximum atomic E-state index is 14.1. The molecule has 4 aliphatic heterocycles. The van der Waals surface area contributed by atoms with Crippen molar-refractivity contribution in [1.29, 1.82) is 0 Å². The van der Waals surface area contributed by atoms with Crippen LogP contribution >= 0.6 is 11.6 Å². The maximum absolute atomic E-state index is 14.1. The van der Waals surface area contributed by atoms with Crippen molar-refractivity contribution in [2.75, 3.05) is 69.2 Å². The molecule has 3 fully saturated rings. The number of rotatable bonds is 12. The van der Waals surface area contributed by atoms with Gasteiger partial charge in [-0.15, -0.1) is 0 Å². The number of halogens is 1. The van der Waals surface area contributed by atoms with Gasteiger partial charge in [-0.25, -0.2) is 18.1 Å². The summed E-state index contributed by atoms with van der Waals surface area (Å²) in [7, 11) is -4.66. The van der Waals surface area contributed by atoms with Gasteiger partial charge in [-0.05, 0) is 78.6 Å². The van der Waals surface area contributed by atoms with E-state index in [9.17, 15) is 23.3 Å². The Morgan fingerprint density at radius 2 is 1.88 bits per heavy atom. The minimum Gasteiger partial charge on any atom is -0.489 e. The molecule has 16 nitrogen and oxygen atoms in total. The van der Waals surface area contributed by atoms with Crippen LogP contribution in [-0.2, 0) is 14.8 Å². The van der Waals surface area contributed by atoms with Gasteiger partial charge in [-0.1, -0.05) is 43.2 Å². The highest BCUT2D eigenvalue weighted by molar-refractivity contribution is 7.90. The number of morpholine rings is 1. The lowest BCUT2D eigenvalue weighted by molar-refractivity contribution is -0.384. The van der Waals surface area contributed by atoms with Crippen LogP contribution in [0.25, 0.3) is 16.6 Å². The molecule has 0 unspecified atom stereocenters. The smallest absolute Gasteiger partial charge is 0.297 e. The number of pyridine rings is 1. The molecule has 10 rings (SSSR count). The molecule has 340 valence electrons. The van der Waals surface area contributed by atoms with Crippen LogP contribution in [0.4, 0.5) is 17.1 Å². The van der Waals surface area contributed by atoms with E-state index in [1.165, 1.54) is 35.0 Å². The normalized spacial score (nSPS) is 22.1. The Balaban J connectivity index is 0.872. The van der Waals surface area contributed by atoms with Gasteiger partial charge in [-0.2, -0.15) is 0 Å². The molecule has 65 heavy (non-hydrogen) atoms. The van der Waals surface area contributed by atoms with Gasteiger partial charge in [-0.3, -0.25) is 24.7 Å². The first kappa shape index (κ1) is 43.2. The number of anilines is 2. The van der Waals surface area contributed by atoms with E-state index in [1.807, 2.05) is 18.2 Å². The number of nitro benzene ring substituents is 1. The lowest BCUT2D eigenvalue weighted by Gasteiger charge is -2.39. The number of H-pyrrole nitrogens is 1. The van der Waals surface area contributed by atoms with Crippen LogP contribution in [0.3, 0.4) is 0 Å². The number of fused-ring (bicyclic) bond motifs is 4. The van der Waals surface area contributed by atoms with Crippen molar-refractivity contribution in [2.24, 2.45) is 5.41 Å². The predicted molar refractivity (Wildman–Crippen MR) is 248 cm³/mol. The second-order valence-corrected chi connectivity index (χ2v) is 20.6. The van der Waals surface area contributed by atoms with E-state index in [4.69, 9.17) is 25.8 Å². The van der Waals surface area contributed by atoms with Gasteiger partial charge >= 0.3 is 0 Å². The standard InChI is InChI=1S/C47H51ClN8O8S/c1-47(2)11-9-31(40(22-47)29-3-5-32(48)6-4-29)24-53-13-15-54(16-14-53)34-7-8-39(42(19-34)64-36-17-30-10-12-49-45(30)50-23-36)46(57)52-65(60,61)38-20-41(56(58)59)44-43(21-38)63-27-33(51-44)25-55-26-37-18-35(55)28-62-37/h3-8,10,12,17,19-21,23,33,35,37,51H,9,11,13-16,18,22,24-28H2,1-2H3,(H,49,50)(H,52,57)/t33-,35+,37+/m1/s1. The fourth-order valence-corrected chi connectivity index (χ4v) is 11.0. The van der Waals surface area contributed by atoms with Crippen molar-refractivity contribution in [3.63, 3.8) is 0 Å². The molecule has 3 atom stereocenters. The average Bonchev–Trinajstić information content (AvgIpc) is 4.05. The molecule has 2 bridgehead atoms. The number of likely N-dealkylation sites (tertiary alicyclic amines) is 1. The SMILES string of the molecule is CC1(C)CCC(CN2CCN(c3ccc(C(=O)NS(=O)(=O)c4cc5c(c([N+](=O)[O-])c4)N[C@H](CN4C[C@@H]6C[C@H]4CO6)CO5)c(Oc4cnc5[nH]ccc5c4)c3)CC2)=C(c2ccc(Cl)cc2)C1. The summed E-state index contributed by atoms with van der Waals surface area (Å²) in [6, 6.07) is 19.0. The second kappa shape index (κ2) is 17.3. The maximum Gasteiger partial charge on any atom is 0.297 e. The number of hydrogen-bond donors (Lipinski definition) is 3. The van der Waals surface area contributed by atoms with Crippen molar-refractivity contribution < 1.29 is 32.3 Å². The molecule has 0 radical (unpaired) electrons. The van der Waals surface area contributed by atoms with E-state index in [0.717, 1.165) is 74.0 Å². The first-order valence-corrected chi connectivity index (χ1v) is 23.9. The number of carbonyl (C=O) groups is 1. The summed E-state index contributed by atoms with van der Waals surface area (Å²) in [6.45, 7) is 10.8. The minimum atomic E-state index is -4.66. The van der Waals surface area contributed by atoms with Crippen molar-refractivity contribution in [3.05, 3.63) is 111 Å². The van der Waals surface area contributed by atoms with Crippen molar-refractivity contribution in [2.45, 2.75) is 62.6 Å². The third-order valence-electron chi connectivity index (χ3n) is 13.4. The van der Waals surface area contributed by atoms with Crippen LogP contribution in [0.5, 0.6) is 17.2 Å². The van der Waals surface area contributed by atoms with Crippen molar-refractivity contribution in [3.8, 4) is 17.2 Å². The number of sulfonamides is 1. The van der Waals surface area contributed by atoms with Crippen molar-refractivity contribution in [1.82, 2.24) is 24.5 Å². The van der Waals surface area contributed by atoms with Gasteiger partial charge in [0.2, 0.25) is 0 Å². The molecule has 3 N–H and O–H groups in total.